The first-order valence-electron chi connectivity index (χ1n) is 41.7. The van der Waals surface area contributed by atoms with Gasteiger partial charge in [0.2, 0.25) is 0 Å². The van der Waals surface area contributed by atoms with Crippen LogP contribution in [0.2, 0.25) is 0 Å². The van der Waals surface area contributed by atoms with Crippen LogP contribution in [0.5, 0.6) is 0 Å². The van der Waals surface area contributed by atoms with Crippen LogP contribution in [0, 0.1) is 0 Å². The molecule has 6 aromatic heterocycles. The minimum absolute atomic E-state index is 0.611. The molecule has 0 aliphatic heterocycles. The van der Waals surface area contributed by atoms with Crippen molar-refractivity contribution in [3.63, 3.8) is 0 Å². The summed E-state index contributed by atoms with van der Waals surface area (Å²) in [6.45, 7) is 0. The van der Waals surface area contributed by atoms with Crippen LogP contribution >= 0.6 is 0 Å². The van der Waals surface area contributed by atoms with Gasteiger partial charge in [-0.3, -0.25) is 0 Å². The average molecular weight is 1600 g/mol. The van der Waals surface area contributed by atoms with E-state index in [-0.39, 0.29) is 0 Å². The molecule has 20 aromatic carbocycles. The Bertz CT molecular complexity index is 8860. The largest absolute Gasteiger partial charge is 0.456 e. The Morgan fingerprint density at radius 2 is 0.376 bits per heavy atom. The molecule has 125 heavy (non-hydrogen) atoms. The van der Waals surface area contributed by atoms with E-state index >= 15 is 0 Å². The van der Waals surface area contributed by atoms with Gasteiger partial charge in [-0.1, -0.05) is 309 Å². The fourth-order valence-electron chi connectivity index (χ4n) is 17.7. The molecule has 0 atom stereocenters. The third kappa shape index (κ3) is 13.2. The molecule has 0 aliphatic rings. The van der Waals surface area contributed by atoms with Crippen molar-refractivity contribution >= 4 is 152 Å². The van der Waals surface area contributed by atoms with Crippen LogP contribution in [-0.2, 0) is 0 Å². The van der Waals surface area contributed by atoms with Crippen LogP contribution in [0.15, 0.2) is 420 Å². The number of nitrogens with zero attached hydrogens (tertiary/aromatic N) is 9. The molecule has 12 heteroatoms. The lowest BCUT2D eigenvalue weighted by Crippen LogP contribution is -2.01. The molecular weight excluding hydrogens is 1530 g/mol. The fourth-order valence-corrected chi connectivity index (χ4v) is 17.7. The van der Waals surface area contributed by atoms with Crippen LogP contribution in [0.25, 0.3) is 254 Å². The van der Waals surface area contributed by atoms with Crippen molar-refractivity contribution in [3.05, 3.63) is 406 Å². The monoisotopic (exact) mass is 1600 g/mol. The molecule has 0 radical (unpaired) electrons. The molecule has 0 saturated heterocycles. The number of rotatable bonds is 9. The zero-order chi connectivity index (χ0) is 82.4. The molecule has 582 valence electrons. The predicted molar refractivity (Wildman–Crippen MR) is 510 cm³/mol. The molecule has 0 bridgehead atoms. The second-order valence-corrected chi connectivity index (χ2v) is 31.5. The van der Waals surface area contributed by atoms with Crippen LogP contribution in [0.3, 0.4) is 0 Å². The van der Waals surface area contributed by atoms with E-state index < -0.39 is 0 Å². The smallest absolute Gasteiger partial charge is 0.164 e. The molecule has 0 fully saturated rings. The van der Waals surface area contributed by atoms with Crippen molar-refractivity contribution in [1.82, 2.24) is 44.9 Å². The van der Waals surface area contributed by atoms with Gasteiger partial charge in [-0.2, -0.15) is 0 Å². The Morgan fingerprint density at radius 3 is 0.840 bits per heavy atom. The van der Waals surface area contributed by atoms with Gasteiger partial charge >= 0.3 is 0 Å². The van der Waals surface area contributed by atoms with E-state index in [2.05, 4.69) is 291 Å². The molecule has 0 unspecified atom stereocenters. The van der Waals surface area contributed by atoms with Crippen molar-refractivity contribution in [1.29, 1.82) is 0 Å². The predicted octanol–water partition coefficient (Wildman–Crippen LogP) is 29.5. The van der Waals surface area contributed by atoms with Crippen molar-refractivity contribution in [3.8, 4) is 102 Å². The van der Waals surface area contributed by atoms with Gasteiger partial charge in [0.15, 0.2) is 52.4 Å². The summed E-state index contributed by atoms with van der Waals surface area (Å²) in [5, 5.41) is 25.4. The van der Waals surface area contributed by atoms with E-state index in [9.17, 15) is 0 Å². The third-order valence-corrected chi connectivity index (χ3v) is 23.9. The van der Waals surface area contributed by atoms with E-state index in [0.717, 1.165) is 148 Å². The summed E-state index contributed by atoms with van der Waals surface area (Å²) in [5.74, 6) is 5.70. The van der Waals surface area contributed by atoms with E-state index in [0.29, 0.717) is 52.4 Å². The highest BCUT2D eigenvalue weighted by Crippen LogP contribution is 2.42. The van der Waals surface area contributed by atoms with Crippen LogP contribution in [-0.4, -0.2) is 44.9 Å². The summed E-state index contributed by atoms with van der Waals surface area (Å²) in [6, 6.07) is 140. The van der Waals surface area contributed by atoms with E-state index in [1.54, 1.807) is 0 Å². The summed E-state index contributed by atoms with van der Waals surface area (Å²) in [7, 11) is 0. The van der Waals surface area contributed by atoms with Gasteiger partial charge in [0.25, 0.3) is 0 Å². The van der Waals surface area contributed by atoms with Crippen LogP contribution in [0.1, 0.15) is 0 Å². The van der Waals surface area contributed by atoms with Gasteiger partial charge in [-0.15, -0.1) is 0 Å². The first kappa shape index (κ1) is 72.0. The average Bonchev–Trinajstić information content (AvgIpc) is 1.09. The van der Waals surface area contributed by atoms with Crippen molar-refractivity contribution < 1.29 is 13.3 Å². The summed E-state index contributed by atoms with van der Waals surface area (Å²) < 4.78 is 18.4. The zero-order valence-electron chi connectivity index (χ0n) is 66.9. The van der Waals surface area contributed by atoms with E-state index in [1.807, 2.05) is 115 Å². The molecule has 12 nitrogen and oxygen atoms in total. The Hall–Kier alpha value is -17.1. The van der Waals surface area contributed by atoms with E-state index in [4.69, 9.17) is 58.1 Å². The minimum Gasteiger partial charge on any atom is -0.456 e. The van der Waals surface area contributed by atoms with Gasteiger partial charge in [0.05, 0.1) is 0 Å². The van der Waals surface area contributed by atoms with Gasteiger partial charge in [0.1, 0.15) is 33.5 Å². The number of hydrogen-bond donors (Lipinski definition) is 0. The van der Waals surface area contributed by atoms with Gasteiger partial charge in [0, 0.05) is 82.4 Å². The lowest BCUT2D eigenvalue weighted by molar-refractivity contribution is 0.668. The first-order valence-corrected chi connectivity index (χ1v) is 41.7. The summed E-state index contributed by atoms with van der Waals surface area (Å²) in [6.07, 6.45) is 0. The molecular formula is C113H67N9O3. The molecule has 0 aliphatic carbocycles. The van der Waals surface area contributed by atoms with E-state index in [1.165, 1.54) is 53.9 Å². The number of benzene rings is 20. The van der Waals surface area contributed by atoms with Crippen LogP contribution in [0.4, 0.5) is 0 Å². The number of hydrogen-bond acceptors (Lipinski definition) is 12. The molecule has 26 aromatic rings. The molecule has 0 saturated carbocycles. The minimum atomic E-state index is 0.611. The molecule has 0 N–H and O–H groups in total. The second-order valence-electron chi connectivity index (χ2n) is 31.5. The first-order chi connectivity index (χ1) is 61.8. The van der Waals surface area contributed by atoms with Crippen molar-refractivity contribution in [2.24, 2.45) is 0 Å². The Balaban J connectivity index is 0.000000105. The Labute approximate surface area is 714 Å². The number of aromatic nitrogens is 9. The lowest BCUT2D eigenvalue weighted by Gasteiger charge is -2.12. The number of fused-ring (bicyclic) bond motifs is 20. The molecule has 6 heterocycles. The third-order valence-electron chi connectivity index (χ3n) is 23.9. The van der Waals surface area contributed by atoms with Crippen LogP contribution < -0.4 is 0 Å². The highest BCUT2D eigenvalue weighted by molar-refractivity contribution is 6.15. The normalized spacial score (nSPS) is 11.7. The highest BCUT2D eigenvalue weighted by Gasteiger charge is 2.22. The van der Waals surface area contributed by atoms with Gasteiger partial charge in [-0.25, -0.2) is 44.9 Å². The molecule has 0 amide bonds. The lowest BCUT2D eigenvalue weighted by atomic mass is 9.97. The topological polar surface area (TPSA) is 155 Å². The number of furan rings is 3. The maximum atomic E-state index is 6.16. The highest BCUT2D eigenvalue weighted by atomic mass is 16.3. The fraction of sp³-hybridized carbons (Fsp3) is 0. The standard InChI is InChI=1S/2C39H23N3O.C35H21N3O/c1-2-10-25-21-27(18-17-24(25)9-1)37-40-38(28-19-20-36-33(23-28)32-15-7-8-16-35(32)43-36)42-39(41-37)34-22-26-11-3-4-12-29(26)30-13-5-6-14-31(30)34;1-2-9-26-21-28(16-13-24(26)7-1)37-40-38(29-17-19-32-27(22-29)15-14-25-8-3-4-10-31(25)32)42-39(41-37)30-18-20-36-34(23-30)33-11-5-6-12-35(33)43-36;1-2-9-23(10-3-1)33-36-34(25-16-18-28-24(20-25)15-14-22-8-4-5-11-27(22)28)38-35(37-33)26-17-19-30-29-12-6-7-13-31(29)39-32(30)21-26/h2*1-23H;1-21H. The molecule has 0 spiro atoms. The Kier molecular flexibility index (Phi) is 17.3. The maximum absolute atomic E-state index is 6.16. The summed E-state index contributed by atoms with van der Waals surface area (Å²) in [5.41, 5.74) is 13.5. The molecule has 26 rings (SSSR count). The zero-order valence-corrected chi connectivity index (χ0v) is 66.9. The van der Waals surface area contributed by atoms with Crippen molar-refractivity contribution in [2.75, 3.05) is 0 Å². The maximum Gasteiger partial charge on any atom is 0.164 e. The van der Waals surface area contributed by atoms with Gasteiger partial charge in [-0.05, 0) is 183 Å². The summed E-state index contributed by atoms with van der Waals surface area (Å²) >= 11 is 0. The number of para-hydroxylation sites is 3. The Morgan fingerprint density at radius 1 is 0.120 bits per heavy atom. The quantitative estimate of drug-likeness (QED) is 0.126. The van der Waals surface area contributed by atoms with Crippen molar-refractivity contribution in [2.45, 2.75) is 0 Å². The second kappa shape index (κ2) is 30.0. The SMILES string of the molecule is c1ccc(-c2nc(-c3ccc4c(ccc5ccccc54)c3)nc(-c3ccc4c(c3)oc3ccccc34)n2)cc1.c1ccc2cc(-c3nc(-c4ccc5c(ccc6ccccc65)c4)nc(-c4ccc5oc6ccccc6c5c4)n3)ccc2c1.c1ccc2cc(-c3nc(-c4ccc5oc6ccccc6c5c4)nc(-c4cc5ccccc5c5ccccc45)n3)ccc2c1. The summed E-state index contributed by atoms with van der Waals surface area (Å²) in [4.78, 5) is 45.2. The van der Waals surface area contributed by atoms with Gasteiger partial charge < -0.3 is 13.3 Å².